The number of aryl methyl sites for hydroxylation is 1. The highest BCUT2D eigenvalue weighted by Crippen LogP contribution is 2.21. The van der Waals surface area contributed by atoms with Gasteiger partial charge in [0.15, 0.2) is 11.6 Å². The summed E-state index contributed by atoms with van der Waals surface area (Å²) in [6, 6.07) is 5.33. The van der Waals surface area contributed by atoms with Crippen molar-refractivity contribution in [2.75, 3.05) is 0 Å². The fourth-order valence-electron chi connectivity index (χ4n) is 1.81. The average molecular weight is 237 g/mol. The van der Waals surface area contributed by atoms with Gasteiger partial charge in [0, 0.05) is 11.6 Å². The summed E-state index contributed by atoms with van der Waals surface area (Å²) in [6.45, 7) is 1.82. The van der Waals surface area contributed by atoms with E-state index in [9.17, 15) is 8.78 Å². The predicted molar refractivity (Wildman–Crippen MR) is 60.4 cm³/mol. The van der Waals surface area contributed by atoms with Crippen LogP contribution in [0.2, 0.25) is 0 Å². The van der Waals surface area contributed by atoms with E-state index in [4.69, 9.17) is 10.2 Å². The molecule has 17 heavy (non-hydrogen) atoms. The van der Waals surface area contributed by atoms with Crippen LogP contribution < -0.4 is 5.73 Å². The molecule has 1 unspecified atom stereocenters. The Labute approximate surface area is 98.0 Å². The van der Waals surface area contributed by atoms with E-state index in [2.05, 4.69) is 0 Å². The quantitative estimate of drug-likeness (QED) is 0.890. The van der Waals surface area contributed by atoms with Gasteiger partial charge in [-0.2, -0.15) is 0 Å². The molecule has 2 N–H and O–H groups in total. The molecule has 0 saturated carbocycles. The molecule has 90 valence electrons. The van der Waals surface area contributed by atoms with Gasteiger partial charge in [-0.25, -0.2) is 8.78 Å². The van der Waals surface area contributed by atoms with Crippen molar-refractivity contribution in [3.05, 3.63) is 59.1 Å². The standard InChI is InChI=1S/C13H13F2NO/c1-8-10(4-5-17-8)13(16)7-9-2-3-11(14)12(15)6-9/h2-6,13H,7,16H2,1H3. The highest BCUT2D eigenvalue weighted by atomic mass is 19.2. The molecule has 1 heterocycles. The first-order valence-corrected chi connectivity index (χ1v) is 5.31. The lowest BCUT2D eigenvalue weighted by atomic mass is 10.0. The van der Waals surface area contributed by atoms with Crippen molar-refractivity contribution in [2.24, 2.45) is 5.73 Å². The summed E-state index contributed by atoms with van der Waals surface area (Å²) >= 11 is 0. The third-order valence-electron chi connectivity index (χ3n) is 2.74. The number of hydrogen-bond acceptors (Lipinski definition) is 2. The van der Waals surface area contributed by atoms with Crippen LogP contribution in [-0.2, 0) is 6.42 Å². The zero-order chi connectivity index (χ0) is 12.4. The molecule has 1 atom stereocenters. The van der Waals surface area contributed by atoms with Gasteiger partial charge in [-0.1, -0.05) is 6.07 Å². The topological polar surface area (TPSA) is 39.2 Å². The zero-order valence-electron chi connectivity index (χ0n) is 9.41. The SMILES string of the molecule is Cc1occc1C(N)Cc1ccc(F)c(F)c1. The third kappa shape index (κ3) is 2.53. The molecule has 0 aliphatic carbocycles. The Bertz CT molecular complexity index is 522. The Kier molecular flexibility index (Phi) is 3.24. The maximum absolute atomic E-state index is 13.0. The molecule has 0 aliphatic rings. The van der Waals surface area contributed by atoms with E-state index in [-0.39, 0.29) is 6.04 Å². The monoisotopic (exact) mass is 237 g/mol. The largest absolute Gasteiger partial charge is 0.469 e. The zero-order valence-corrected chi connectivity index (χ0v) is 9.41. The summed E-state index contributed by atoms with van der Waals surface area (Å²) in [4.78, 5) is 0. The Morgan fingerprint density at radius 2 is 2.00 bits per heavy atom. The van der Waals surface area contributed by atoms with Crippen molar-refractivity contribution in [1.82, 2.24) is 0 Å². The van der Waals surface area contributed by atoms with Crippen molar-refractivity contribution in [2.45, 2.75) is 19.4 Å². The van der Waals surface area contributed by atoms with E-state index in [1.807, 2.05) is 6.92 Å². The first kappa shape index (κ1) is 11.8. The number of benzene rings is 1. The molecule has 0 aliphatic heterocycles. The first-order chi connectivity index (χ1) is 8.08. The molecule has 1 aromatic carbocycles. The lowest BCUT2D eigenvalue weighted by molar-refractivity contribution is 0.505. The minimum Gasteiger partial charge on any atom is -0.469 e. The van der Waals surface area contributed by atoms with Gasteiger partial charge in [0.05, 0.1) is 6.26 Å². The second-order valence-corrected chi connectivity index (χ2v) is 3.99. The van der Waals surface area contributed by atoms with Crippen LogP contribution in [0.15, 0.2) is 34.9 Å². The number of hydrogen-bond donors (Lipinski definition) is 1. The molecule has 0 saturated heterocycles. The molecule has 0 spiro atoms. The van der Waals surface area contributed by atoms with Gasteiger partial charge < -0.3 is 10.2 Å². The van der Waals surface area contributed by atoms with Crippen LogP contribution in [0.5, 0.6) is 0 Å². The minimum atomic E-state index is -0.849. The minimum absolute atomic E-state index is 0.279. The molecule has 0 amide bonds. The summed E-state index contributed by atoms with van der Waals surface area (Å²) in [7, 11) is 0. The summed E-state index contributed by atoms with van der Waals surface area (Å²) in [6.07, 6.45) is 2.01. The fourth-order valence-corrected chi connectivity index (χ4v) is 1.81. The summed E-state index contributed by atoms with van der Waals surface area (Å²) in [5, 5.41) is 0. The Morgan fingerprint density at radius 1 is 1.24 bits per heavy atom. The van der Waals surface area contributed by atoms with Gasteiger partial charge in [0.1, 0.15) is 5.76 Å². The van der Waals surface area contributed by atoms with Crippen LogP contribution in [0.4, 0.5) is 8.78 Å². The van der Waals surface area contributed by atoms with Crippen LogP contribution in [0.25, 0.3) is 0 Å². The molecule has 2 rings (SSSR count). The normalized spacial score (nSPS) is 12.7. The molecule has 0 radical (unpaired) electrons. The number of halogens is 2. The molecule has 4 heteroatoms. The molecular weight excluding hydrogens is 224 g/mol. The maximum atomic E-state index is 13.0. The predicted octanol–water partition coefficient (Wildman–Crippen LogP) is 3.11. The Balaban J connectivity index is 2.16. The van der Waals surface area contributed by atoms with Gasteiger partial charge in [0.2, 0.25) is 0 Å². The van der Waals surface area contributed by atoms with Crippen molar-refractivity contribution in [1.29, 1.82) is 0 Å². The van der Waals surface area contributed by atoms with E-state index in [0.717, 1.165) is 17.4 Å². The molecule has 0 fully saturated rings. The Morgan fingerprint density at radius 3 is 2.59 bits per heavy atom. The molecule has 0 bridgehead atoms. The maximum Gasteiger partial charge on any atom is 0.159 e. The summed E-state index contributed by atoms with van der Waals surface area (Å²) < 4.78 is 30.9. The molecular formula is C13H13F2NO. The lowest BCUT2D eigenvalue weighted by Gasteiger charge is -2.11. The number of furan rings is 1. The highest BCUT2D eigenvalue weighted by Gasteiger charge is 2.13. The smallest absolute Gasteiger partial charge is 0.159 e. The fraction of sp³-hybridized carbons (Fsp3) is 0.231. The van der Waals surface area contributed by atoms with E-state index in [0.29, 0.717) is 12.0 Å². The van der Waals surface area contributed by atoms with E-state index >= 15 is 0 Å². The van der Waals surface area contributed by atoms with Gasteiger partial charge in [0.25, 0.3) is 0 Å². The van der Waals surface area contributed by atoms with Crippen molar-refractivity contribution in [3.63, 3.8) is 0 Å². The molecule has 2 aromatic rings. The summed E-state index contributed by atoms with van der Waals surface area (Å²) in [5.74, 6) is -0.944. The van der Waals surface area contributed by atoms with E-state index in [1.54, 1.807) is 12.3 Å². The van der Waals surface area contributed by atoms with Crippen LogP contribution in [0.1, 0.15) is 22.9 Å². The van der Waals surface area contributed by atoms with Gasteiger partial charge in [-0.05, 0) is 37.1 Å². The average Bonchev–Trinajstić information content (AvgIpc) is 2.70. The number of nitrogens with two attached hydrogens (primary N) is 1. The van der Waals surface area contributed by atoms with E-state index < -0.39 is 11.6 Å². The Hall–Kier alpha value is -1.68. The van der Waals surface area contributed by atoms with Crippen LogP contribution in [0, 0.1) is 18.6 Å². The third-order valence-corrected chi connectivity index (χ3v) is 2.74. The van der Waals surface area contributed by atoms with Crippen LogP contribution in [0.3, 0.4) is 0 Å². The summed E-state index contributed by atoms with van der Waals surface area (Å²) in [5.41, 5.74) is 7.53. The molecule has 2 nitrogen and oxygen atoms in total. The lowest BCUT2D eigenvalue weighted by Crippen LogP contribution is -2.13. The van der Waals surface area contributed by atoms with Crippen molar-refractivity contribution in [3.8, 4) is 0 Å². The van der Waals surface area contributed by atoms with Crippen LogP contribution >= 0.6 is 0 Å². The van der Waals surface area contributed by atoms with Gasteiger partial charge in [-0.3, -0.25) is 0 Å². The molecule has 1 aromatic heterocycles. The first-order valence-electron chi connectivity index (χ1n) is 5.31. The van der Waals surface area contributed by atoms with Gasteiger partial charge >= 0.3 is 0 Å². The number of rotatable bonds is 3. The van der Waals surface area contributed by atoms with Crippen molar-refractivity contribution >= 4 is 0 Å². The van der Waals surface area contributed by atoms with Gasteiger partial charge in [-0.15, -0.1) is 0 Å². The second kappa shape index (κ2) is 4.67. The van der Waals surface area contributed by atoms with E-state index in [1.165, 1.54) is 12.1 Å². The van der Waals surface area contributed by atoms with Crippen molar-refractivity contribution < 1.29 is 13.2 Å². The second-order valence-electron chi connectivity index (χ2n) is 3.99. The highest BCUT2D eigenvalue weighted by molar-refractivity contribution is 5.25. The van der Waals surface area contributed by atoms with Crippen LogP contribution in [-0.4, -0.2) is 0 Å².